The molecule has 6 nitrogen and oxygen atoms in total. The molecule has 0 bridgehead atoms. The van der Waals surface area contributed by atoms with E-state index in [0.717, 1.165) is 10.8 Å². The van der Waals surface area contributed by atoms with Crippen LogP contribution in [0.15, 0.2) is 94.1 Å². The summed E-state index contributed by atoms with van der Waals surface area (Å²) >= 11 is 0. The van der Waals surface area contributed by atoms with Gasteiger partial charge in [-0.3, -0.25) is 4.79 Å². The van der Waals surface area contributed by atoms with Crippen molar-refractivity contribution in [3.05, 3.63) is 101 Å². The molecule has 0 unspecified atom stereocenters. The van der Waals surface area contributed by atoms with Crippen molar-refractivity contribution in [2.75, 3.05) is 11.1 Å². The zero-order valence-corrected chi connectivity index (χ0v) is 16.3. The van der Waals surface area contributed by atoms with E-state index in [4.69, 9.17) is 10.2 Å². The van der Waals surface area contributed by atoms with Gasteiger partial charge in [-0.15, -0.1) is 0 Å². The summed E-state index contributed by atoms with van der Waals surface area (Å²) in [7, 11) is 0. The molecule has 1 heterocycles. The molecule has 0 aliphatic carbocycles. The third-order valence-corrected chi connectivity index (χ3v) is 5.11. The van der Waals surface area contributed by atoms with Crippen LogP contribution in [0.1, 0.15) is 10.4 Å². The summed E-state index contributed by atoms with van der Waals surface area (Å²) in [5.41, 5.74) is 7.56. The first-order valence-electron chi connectivity index (χ1n) is 9.69. The molecule has 1 amide bonds. The van der Waals surface area contributed by atoms with E-state index in [1.165, 1.54) is 0 Å². The highest BCUT2D eigenvalue weighted by Crippen LogP contribution is 2.28. The van der Waals surface area contributed by atoms with Crippen molar-refractivity contribution < 1.29 is 9.21 Å². The maximum atomic E-state index is 12.9. The van der Waals surface area contributed by atoms with Crippen LogP contribution < -0.4 is 16.7 Å². The number of nitrogens with zero attached hydrogens (tertiary/aromatic N) is 1. The van der Waals surface area contributed by atoms with Crippen LogP contribution in [0.4, 0.5) is 11.4 Å². The van der Waals surface area contributed by atoms with Gasteiger partial charge >= 0.3 is 5.63 Å². The summed E-state index contributed by atoms with van der Waals surface area (Å²) in [5, 5.41) is 5.17. The summed E-state index contributed by atoms with van der Waals surface area (Å²) in [5.74, 6) is -0.164. The lowest BCUT2D eigenvalue weighted by Gasteiger charge is -2.11. The van der Waals surface area contributed by atoms with Crippen LogP contribution in [0.5, 0.6) is 0 Å². The molecule has 6 heteroatoms. The average Bonchev–Trinajstić information content (AvgIpc) is 2.79. The molecule has 1 aromatic heterocycles. The van der Waals surface area contributed by atoms with Gasteiger partial charge in [-0.25, -0.2) is 9.78 Å². The largest absolute Gasteiger partial charge is 0.403 e. The Morgan fingerprint density at radius 2 is 1.65 bits per heavy atom. The number of rotatable bonds is 3. The molecule has 0 aliphatic heterocycles. The van der Waals surface area contributed by atoms with Crippen molar-refractivity contribution in [1.82, 2.24) is 4.98 Å². The highest BCUT2D eigenvalue weighted by molar-refractivity contribution is 6.08. The lowest BCUT2D eigenvalue weighted by atomic mass is 10.1. The van der Waals surface area contributed by atoms with Gasteiger partial charge in [0.2, 0.25) is 5.89 Å². The van der Waals surface area contributed by atoms with Crippen molar-refractivity contribution in [3.63, 3.8) is 0 Å². The van der Waals surface area contributed by atoms with Gasteiger partial charge in [0.15, 0.2) is 0 Å². The highest BCUT2D eigenvalue weighted by atomic mass is 16.4. The predicted octanol–water partition coefficient (Wildman–Crippen LogP) is 4.84. The van der Waals surface area contributed by atoms with Crippen LogP contribution in [-0.4, -0.2) is 10.9 Å². The quantitative estimate of drug-likeness (QED) is 0.417. The molecular formula is C25H17N3O3. The van der Waals surface area contributed by atoms with Crippen LogP contribution in [0.25, 0.3) is 33.1 Å². The van der Waals surface area contributed by atoms with Gasteiger partial charge < -0.3 is 15.5 Å². The lowest BCUT2D eigenvalue weighted by Crippen LogP contribution is -2.13. The van der Waals surface area contributed by atoms with Crippen molar-refractivity contribution in [1.29, 1.82) is 0 Å². The number of benzene rings is 4. The zero-order valence-electron chi connectivity index (χ0n) is 16.3. The maximum Gasteiger partial charge on any atom is 0.349 e. The van der Waals surface area contributed by atoms with E-state index in [9.17, 15) is 9.59 Å². The van der Waals surface area contributed by atoms with E-state index >= 15 is 0 Å². The second kappa shape index (κ2) is 7.42. The van der Waals surface area contributed by atoms with Crippen LogP contribution in [0, 0.1) is 0 Å². The number of aromatic nitrogens is 1. The van der Waals surface area contributed by atoms with Crippen molar-refractivity contribution >= 4 is 39.0 Å². The van der Waals surface area contributed by atoms with Gasteiger partial charge in [0.05, 0.1) is 16.8 Å². The van der Waals surface area contributed by atoms with E-state index < -0.39 is 5.63 Å². The molecule has 0 fully saturated rings. The second-order valence-corrected chi connectivity index (χ2v) is 7.11. The number of nitrogen functional groups attached to an aromatic ring is 1. The fourth-order valence-electron chi connectivity index (χ4n) is 3.56. The smallest absolute Gasteiger partial charge is 0.349 e. The van der Waals surface area contributed by atoms with Gasteiger partial charge in [-0.2, -0.15) is 0 Å². The Bertz CT molecular complexity index is 1520. The van der Waals surface area contributed by atoms with Crippen LogP contribution in [0.2, 0.25) is 0 Å². The van der Waals surface area contributed by atoms with E-state index in [-0.39, 0.29) is 17.2 Å². The highest BCUT2D eigenvalue weighted by Gasteiger charge is 2.16. The molecule has 0 spiro atoms. The molecular weight excluding hydrogens is 390 g/mol. The molecule has 0 saturated heterocycles. The first kappa shape index (κ1) is 18.6. The number of anilines is 2. The predicted molar refractivity (Wildman–Crippen MR) is 122 cm³/mol. The van der Waals surface area contributed by atoms with Crippen LogP contribution in [0.3, 0.4) is 0 Å². The SMILES string of the molecule is Nc1cccc2nc(-c3ccccc3NC(=O)c3ccc4ccccc4c3)oc(=O)c12. The molecule has 31 heavy (non-hydrogen) atoms. The molecule has 3 N–H and O–H groups in total. The summed E-state index contributed by atoms with van der Waals surface area (Å²) in [6, 6.07) is 25.4. The van der Waals surface area contributed by atoms with Crippen LogP contribution in [-0.2, 0) is 0 Å². The van der Waals surface area contributed by atoms with Gasteiger partial charge in [-0.1, -0.05) is 48.5 Å². The second-order valence-electron chi connectivity index (χ2n) is 7.11. The minimum absolute atomic E-state index is 0.109. The van der Waals surface area contributed by atoms with Gasteiger partial charge in [-0.05, 0) is 47.2 Å². The molecule has 4 aromatic carbocycles. The Balaban J connectivity index is 1.54. The molecule has 0 radical (unpaired) electrons. The van der Waals surface area contributed by atoms with Gasteiger partial charge in [0.1, 0.15) is 5.39 Å². The molecule has 5 rings (SSSR count). The fraction of sp³-hybridized carbons (Fsp3) is 0. The van der Waals surface area contributed by atoms with Crippen molar-refractivity contribution in [2.45, 2.75) is 0 Å². The lowest BCUT2D eigenvalue weighted by molar-refractivity contribution is 0.102. The number of amides is 1. The number of nitrogens with one attached hydrogen (secondary N) is 1. The van der Waals surface area contributed by atoms with Gasteiger partial charge in [0.25, 0.3) is 5.91 Å². The number of carbonyl (C=O) groups is 1. The Morgan fingerprint density at radius 1 is 0.871 bits per heavy atom. The summed E-state index contributed by atoms with van der Waals surface area (Å²) in [4.78, 5) is 29.9. The normalized spacial score (nSPS) is 11.0. The summed E-state index contributed by atoms with van der Waals surface area (Å²) in [6.07, 6.45) is 0. The van der Waals surface area contributed by atoms with E-state index in [2.05, 4.69) is 10.3 Å². The standard InChI is InChI=1S/C25H17N3O3/c26-19-9-5-11-21-22(19)25(30)31-24(28-21)18-8-3-4-10-20(18)27-23(29)17-13-12-15-6-1-2-7-16(15)14-17/h1-14H,26H2,(H,27,29). The van der Waals surface area contributed by atoms with Crippen molar-refractivity contribution in [3.8, 4) is 11.5 Å². The van der Waals surface area contributed by atoms with E-state index in [1.54, 1.807) is 48.5 Å². The topological polar surface area (TPSA) is 98.2 Å². The molecule has 0 aliphatic rings. The fourth-order valence-corrected chi connectivity index (χ4v) is 3.56. The number of fused-ring (bicyclic) bond motifs is 2. The summed E-state index contributed by atoms with van der Waals surface area (Å²) < 4.78 is 5.45. The van der Waals surface area contributed by atoms with Crippen LogP contribution >= 0.6 is 0 Å². The number of para-hydroxylation sites is 1. The van der Waals surface area contributed by atoms with E-state index in [0.29, 0.717) is 28.0 Å². The molecule has 150 valence electrons. The third-order valence-electron chi connectivity index (χ3n) is 5.11. The number of carbonyl (C=O) groups excluding carboxylic acids is 1. The molecule has 0 atom stereocenters. The Labute approximate surface area is 177 Å². The molecule has 5 aromatic rings. The third kappa shape index (κ3) is 3.40. The Morgan fingerprint density at radius 3 is 2.52 bits per heavy atom. The number of nitrogens with two attached hydrogens (primary N) is 1. The minimum Gasteiger partial charge on any atom is -0.403 e. The van der Waals surface area contributed by atoms with Crippen molar-refractivity contribution in [2.24, 2.45) is 0 Å². The van der Waals surface area contributed by atoms with Gasteiger partial charge in [0, 0.05) is 11.3 Å². The Kier molecular flexibility index (Phi) is 4.45. The monoisotopic (exact) mass is 407 g/mol. The number of hydrogen-bond acceptors (Lipinski definition) is 5. The summed E-state index contributed by atoms with van der Waals surface area (Å²) in [6.45, 7) is 0. The first-order valence-corrected chi connectivity index (χ1v) is 9.69. The maximum absolute atomic E-state index is 12.9. The molecule has 0 saturated carbocycles. The average molecular weight is 407 g/mol. The zero-order chi connectivity index (χ0) is 21.4. The Hall–Kier alpha value is -4.45. The number of hydrogen-bond donors (Lipinski definition) is 2. The minimum atomic E-state index is -0.575. The first-order chi connectivity index (χ1) is 15.1. The van der Waals surface area contributed by atoms with E-state index in [1.807, 2.05) is 36.4 Å².